The summed E-state index contributed by atoms with van der Waals surface area (Å²) in [5.41, 5.74) is 3.27. The van der Waals surface area contributed by atoms with E-state index in [1.54, 1.807) is 18.2 Å². The molecular formula is C22H21Cl2N5O. The van der Waals surface area contributed by atoms with Crippen LogP contribution in [0, 0.1) is 5.92 Å². The maximum Gasteiger partial charge on any atom is 0.261 e. The molecule has 2 aromatic heterocycles. The summed E-state index contributed by atoms with van der Waals surface area (Å²) in [6.07, 6.45) is 2.31. The molecule has 8 heteroatoms. The van der Waals surface area contributed by atoms with E-state index in [4.69, 9.17) is 23.2 Å². The highest BCUT2D eigenvalue weighted by Crippen LogP contribution is 2.33. The van der Waals surface area contributed by atoms with E-state index in [0.717, 1.165) is 60.1 Å². The fourth-order valence-corrected chi connectivity index (χ4v) is 4.46. The summed E-state index contributed by atoms with van der Waals surface area (Å²) < 4.78 is 0. The number of nitrogens with zero attached hydrogens (tertiary/aromatic N) is 1. The van der Waals surface area contributed by atoms with Crippen LogP contribution in [0.15, 0.2) is 41.2 Å². The molecule has 4 aromatic rings. The van der Waals surface area contributed by atoms with Gasteiger partial charge in [-0.2, -0.15) is 0 Å². The normalized spacial score (nSPS) is 16.9. The summed E-state index contributed by atoms with van der Waals surface area (Å²) in [6, 6.07) is 10.9. The monoisotopic (exact) mass is 441 g/mol. The molecule has 4 N–H and O–H groups in total. The van der Waals surface area contributed by atoms with E-state index in [1.807, 2.05) is 18.2 Å². The lowest BCUT2D eigenvalue weighted by atomic mass is 9.99. The van der Waals surface area contributed by atoms with Gasteiger partial charge >= 0.3 is 0 Å². The van der Waals surface area contributed by atoms with E-state index >= 15 is 0 Å². The number of halogens is 2. The molecule has 0 amide bonds. The summed E-state index contributed by atoms with van der Waals surface area (Å²) in [4.78, 5) is 24.0. The van der Waals surface area contributed by atoms with Crippen molar-refractivity contribution in [2.45, 2.75) is 12.8 Å². The maximum atomic E-state index is 13.1. The topological polar surface area (TPSA) is 85.6 Å². The molecular weight excluding hydrogens is 421 g/mol. The van der Waals surface area contributed by atoms with E-state index < -0.39 is 0 Å². The Bertz CT molecular complexity index is 1290. The molecule has 1 fully saturated rings. The lowest BCUT2D eigenvalue weighted by Gasteiger charge is -2.24. The van der Waals surface area contributed by atoms with Crippen LogP contribution in [0.4, 0.5) is 5.69 Å². The summed E-state index contributed by atoms with van der Waals surface area (Å²) in [7, 11) is 0. The number of hydrogen-bond acceptors (Lipinski definition) is 4. The molecule has 154 valence electrons. The van der Waals surface area contributed by atoms with Gasteiger partial charge < -0.3 is 20.6 Å². The van der Waals surface area contributed by atoms with Gasteiger partial charge in [0, 0.05) is 22.0 Å². The van der Waals surface area contributed by atoms with Gasteiger partial charge in [-0.25, -0.2) is 4.98 Å². The summed E-state index contributed by atoms with van der Waals surface area (Å²) in [5.74, 6) is 0.995. The zero-order chi connectivity index (χ0) is 20.7. The number of aromatic nitrogens is 3. The second-order valence-corrected chi connectivity index (χ2v) is 8.61. The van der Waals surface area contributed by atoms with Crippen LogP contribution in [0.1, 0.15) is 12.8 Å². The third-order valence-electron chi connectivity index (χ3n) is 5.62. The van der Waals surface area contributed by atoms with Gasteiger partial charge in [-0.15, -0.1) is 0 Å². The number of anilines is 1. The Hall–Kier alpha value is -2.54. The van der Waals surface area contributed by atoms with Gasteiger partial charge in [0.1, 0.15) is 11.4 Å². The molecule has 0 spiro atoms. The van der Waals surface area contributed by atoms with Gasteiger partial charge in [0.15, 0.2) is 0 Å². The van der Waals surface area contributed by atoms with Gasteiger partial charge in [0.25, 0.3) is 5.56 Å². The molecule has 1 saturated heterocycles. The van der Waals surface area contributed by atoms with Gasteiger partial charge in [-0.05, 0) is 68.2 Å². The van der Waals surface area contributed by atoms with Crippen molar-refractivity contribution < 1.29 is 0 Å². The lowest BCUT2D eigenvalue weighted by molar-refractivity contribution is 0.393. The zero-order valence-corrected chi connectivity index (χ0v) is 17.7. The highest BCUT2D eigenvalue weighted by molar-refractivity contribution is 6.31. The predicted octanol–water partition coefficient (Wildman–Crippen LogP) is 4.79. The number of fused-ring (bicyclic) bond motifs is 2. The van der Waals surface area contributed by atoms with E-state index in [0.29, 0.717) is 27.4 Å². The molecule has 1 atom stereocenters. The first kappa shape index (κ1) is 19.4. The average Bonchev–Trinajstić information content (AvgIpc) is 3.15. The SMILES string of the molecule is O=c1[nH]c2ccc(Cl)cc2c(NCC2CCCNC2)c1-c1nc2ccc(Cl)cc2[nH]1. The van der Waals surface area contributed by atoms with Crippen molar-refractivity contribution in [1.29, 1.82) is 0 Å². The average molecular weight is 442 g/mol. The molecule has 6 nitrogen and oxygen atoms in total. The molecule has 3 heterocycles. The number of piperidine rings is 1. The van der Waals surface area contributed by atoms with Crippen molar-refractivity contribution in [3.8, 4) is 11.4 Å². The highest BCUT2D eigenvalue weighted by Gasteiger charge is 2.20. The minimum Gasteiger partial charge on any atom is -0.383 e. The standard InChI is InChI=1S/C22H21Cl2N5O/c23-13-3-5-16-15(8-13)20(26-11-12-2-1-7-25-10-12)19(22(30)29-16)21-27-17-6-4-14(24)9-18(17)28-21/h3-6,8-9,12,25H,1-2,7,10-11H2,(H,27,28)(H2,26,29,30). The molecule has 0 saturated carbocycles. The Balaban J connectivity index is 1.66. The largest absolute Gasteiger partial charge is 0.383 e. The molecule has 30 heavy (non-hydrogen) atoms. The lowest BCUT2D eigenvalue weighted by Crippen LogP contribution is -2.33. The Morgan fingerprint density at radius 2 is 1.90 bits per heavy atom. The van der Waals surface area contributed by atoms with Crippen LogP contribution >= 0.6 is 23.2 Å². The number of hydrogen-bond donors (Lipinski definition) is 4. The molecule has 1 aliphatic heterocycles. The second kappa shape index (κ2) is 7.95. The van der Waals surface area contributed by atoms with Crippen molar-refractivity contribution in [2.75, 3.05) is 25.0 Å². The molecule has 0 bridgehead atoms. The van der Waals surface area contributed by atoms with Gasteiger partial charge in [0.2, 0.25) is 0 Å². The minimum atomic E-state index is -0.209. The van der Waals surface area contributed by atoms with Crippen LogP contribution in [-0.4, -0.2) is 34.6 Å². The van der Waals surface area contributed by atoms with Crippen molar-refractivity contribution in [2.24, 2.45) is 5.92 Å². The molecule has 5 rings (SSSR count). The Morgan fingerprint density at radius 1 is 1.07 bits per heavy atom. The molecule has 1 aliphatic rings. The number of benzene rings is 2. The van der Waals surface area contributed by atoms with Crippen molar-refractivity contribution in [1.82, 2.24) is 20.3 Å². The van der Waals surface area contributed by atoms with E-state index in [9.17, 15) is 4.79 Å². The van der Waals surface area contributed by atoms with E-state index in [-0.39, 0.29) is 5.56 Å². The van der Waals surface area contributed by atoms with Crippen molar-refractivity contribution in [3.63, 3.8) is 0 Å². The predicted molar refractivity (Wildman–Crippen MR) is 124 cm³/mol. The number of nitrogens with one attached hydrogen (secondary N) is 4. The first-order valence-corrected chi connectivity index (χ1v) is 10.8. The second-order valence-electron chi connectivity index (χ2n) is 7.73. The Labute approximate surface area is 183 Å². The minimum absolute atomic E-state index is 0.209. The van der Waals surface area contributed by atoms with Crippen LogP contribution in [0.3, 0.4) is 0 Å². The fraction of sp³-hybridized carbons (Fsp3) is 0.273. The van der Waals surface area contributed by atoms with Crippen LogP contribution < -0.4 is 16.2 Å². The van der Waals surface area contributed by atoms with Crippen molar-refractivity contribution in [3.05, 3.63) is 56.8 Å². The molecule has 0 aliphatic carbocycles. The summed E-state index contributed by atoms with van der Waals surface area (Å²) >= 11 is 12.4. The van der Waals surface area contributed by atoms with Gasteiger partial charge in [-0.3, -0.25) is 4.79 Å². The van der Waals surface area contributed by atoms with Crippen LogP contribution in [0.25, 0.3) is 33.3 Å². The fourth-order valence-electron chi connectivity index (χ4n) is 4.12. The smallest absolute Gasteiger partial charge is 0.261 e. The molecule has 2 aromatic carbocycles. The Kier molecular flexibility index (Phi) is 5.15. The first-order chi connectivity index (χ1) is 14.6. The third kappa shape index (κ3) is 3.67. The number of aromatic amines is 2. The molecule has 0 radical (unpaired) electrons. The highest BCUT2D eigenvalue weighted by atomic mass is 35.5. The Morgan fingerprint density at radius 3 is 2.73 bits per heavy atom. The summed E-state index contributed by atoms with van der Waals surface area (Å²) in [6.45, 7) is 2.79. The van der Waals surface area contributed by atoms with Gasteiger partial charge in [0.05, 0.1) is 22.2 Å². The van der Waals surface area contributed by atoms with Crippen molar-refractivity contribution >= 4 is 50.8 Å². The van der Waals surface area contributed by atoms with E-state index in [2.05, 4.69) is 25.6 Å². The number of H-pyrrole nitrogens is 2. The quantitative estimate of drug-likeness (QED) is 0.366. The number of imidazole rings is 1. The molecule has 1 unspecified atom stereocenters. The zero-order valence-electron chi connectivity index (χ0n) is 16.2. The number of rotatable bonds is 4. The number of pyridine rings is 1. The van der Waals surface area contributed by atoms with Crippen LogP contribution in [-0.2, 0) is 0 Å². The van der Waals surface area contributed by atoms with Crippen LogP contribution in [0.2, 0.25) is 10.0 Å². The van der Waals surface area contributed by atoms with Gasteiger partial charge in [-0.1, -0.05) is 23.2 Å². The maximum absolute atomic E-state index is 13.1. The van der Waals surface area contributed by atoms with Crippen LogP contribution in [0.5, 0.6) is 0 Å². The third-order valence-corrected chi connectivity index (χ3v) is 6.09. The summed E-state index contributed by atoms with van der Waals surface area (Å²) in [5, 5.41) is 9.06. The first-order valence-electron chi connectivity index (χ1n) is 10.0. The van der Waals surface area contributed by atoms with E-state index in [1.165, 1.54) is 0 Å².